The summed E-state index contributed by atoms with van der Waals surface area (Å²) in [6.07, 6.45) is 1.15. The third-order valence-electron chi connectivity index (χ3n) is 3.87. The summed E-state index contributed by atoms with van der Waals surface area (Å²) in [6, 6.07) is 5.33. The monoisotopic (exact) mass is 386 g/mol. The first-order valence-electron chi connectivity index (χ1n) is 8.41. The fourth-order valence-corrected chi connectivity index (χ4v) is 2.60. The zero-order valence-corrected chi connectivity index (χ0v) is 15.5. The molecular weight excluding hydrogens is 368 g/mol. The molecule has 1 amide bonds. The van der Waals surface area contributed by atoms with Crippen LogP contribution in [0.2, 0.25) is 0 Å². The topological polar surface area (TPSA) is 126 Å². The molecule has 0 aliphatic heterocycles. The molecule has 10 nitrogen and oxygen atoms in total. The van der Waals surface area contributed by atoms with Crippen LogP contribution in [0.4, 0.5) is 5.69 Å². The molecule has 3 aromatic rings. The number of amides is 1. The zero-order valence-electron chi connectivity index (χ0n) is 15.5. The Bertz CT molecular complexity index is 1100. The predicted octanol–water partition coefficient (Wildman–Crippen LogP) is 1.52. The van der Waals surface area contributed by atoms with Crippen LogP contribution in [-0.2, 0) is 16.1 Å². The molecule has 146 valence electrons. The molecule has 0 aliphatic carbocycles. The largest absolute Gasteiger partial charge is 0.495 e. The van der Waals surface area contributed by atoms with Crippen molar-refractivity contribution in [3.8, 4) is 5.75 Å². The lowest BCUT2D eigenvalue weighted by Crippen LogP contribution is -2.28. The summed E-state index contributed by atoms with van der Waals surface area (Å²) in [4.78, 5) is 41.0. The molecule has 0 atom stereocenters. The molecule has 10 heteroatoms. The molecule has 3 rings (SSSR count). The number of carbonyl (C=O) groups is 2. The second kappa shape index (κ2) is 7.91. The van der Waals surface area contributed by atoms with Gasteiger partial charge in [-0.2, -0.15) is 0 Å². The number of nitrogens with zero attached hydrogens (tertiary/aromatic N) is 3. The lowest BCUT2D eigenvalue weighted by Gasteiger charge is -2.11. The van der Waals surface area contributed by atoms with E-state index in [0.29, 0.717) is 11.4 Å². The van der Waals surface area contributed by atoms with E-state index in [2.05, 4.69) is 15.5 Å². The van der Waals surface area contributed by atoms with Gasteiger partial charge in [0, 0.05) is 0 Å². The van der Waals surface area contributed by atoms with Crippen LogP contribution < -0.4 is 15.6 Å². The maximum absolute atomic E-state index is 12.7. The van der Waals surface area contributed by atoms with Gasteiger partial charge in [-0.05, 0) is 31.5 Å². The minimum atomic E-state index is -0.799. The highest BCUT2D eigenvalue weighted by Gasteiger charge is 2.23. The first-order chi connectivity index (χ1) is 13.4. The van der Waals surface area contributed by atoms with E-state index in [-0.39, 0.29) is 29.9 Å². The second-order valence-electron chi connectivity index (χ2n) is 5.86. The van der Waals surface area contributed by atoms with Crippen molar-refractivity contribution in [1.82, 2.24) is 14.7 Å². The van der Waals surface area contributed by atoms with Gasteiger partial charge in [0.05, 0.1) is 19.4 Å². The number of benzene rings is 1. The molecule has 1 N–H and O–H groups in total. The van der Waals surface area contributed by atoms with Crippen molar-refractivity contribution in [3.63, 3.8) is 0 Å². The summed E-state index contributed by atoms with van der Waals surface area (Å²) in [7, 11) is 1.49. The summed E-state index contributed by atoms with van der Waals surface area (Å²) in [5, 5.41) is 6.11. The van der Waals surface area contributed by atoms with Crippen molar-refractivity contribution < 1.29 is 23.6 Å². The van der Waals surface area contributed by atoms with Crippen molar-refractivity contribution in [2.45, 2.75) is 20.4 Å². The van der Waals surface area contributed by atoms with Crippen LogP contribution in [0.1, 0.15) is 23.0 Å². The summed E-state index contributed by atoms with van der Waals surface area (Å²) in [6.45, 7) is 3.29. The van der Waals surface area contributed by atoms with E-state index in [1.54, 1.807) is 19.1 Å². The smallest absolute Gasteiger partial charge is 0.361 e. The van der Waals surface area contributed by atoms with Gasteiger partial charge in [-0.25, -0.2) is 9.78 Å². The summed E-state index contributed by atoms with van der Waals surface area (Å²) >= 11 is 0. The molecule has 28 heavy (non-hydrogen) atoms. The van der Waals surface area contributed by atoms with Gasteiger partial charge in [0.2, 0.25) is 11.6 Å². The predicted molar refractivity (Wildman–Crippen MR) is 98.4 cm³/mol. The van der Waals surface area contributed by atoms with Crippen LogP contribution >= 0.6 is 0 Å². The first kappa shape index (κ1) is 19.1. The Kier molecular flexibility index (Phi) is 5.39. The van der Waals surface area contributed by atoms with Crippen LogP contribution in [0.3, 0.4) is 0 Å². The quantitative estimate of drug-likeness (QED) is 0.632. The molecule has 0 aliphatic rings. The summed E-state index contributed by atoms with van der Waals surface area (Å²) < 4.78 is 16.0. The highest BCUT2D eigenvalue weighted by atomic mass is 16.5. The van der Waals surface area contributed by atoms with Crippen molar-refractivity contribution in [2.24, 2.45) is 0 Å². The van der Waals surface area contributed by atoms with E-state index in [4.69, 9.17) is 14.0 Å². The number of aryl methyl sites for hydroxylation is 1. The van der Waals surface area contributed by atoms with E-state index in [0.717, 1.165) is 16.5 Å². The molecule has 2 aromatic heterocycles. The van der Waals surface area contributed by atoms with Gasteiger partial charge < -0.3 is 19.3 Å². The Morgan fingerprint density at radius 3 is 2.82 bits per heavy atom. The lowest BCUT2D eigenvalue weighted by molar-refractivity contribution is -0.116. The Morgan fingerprint density at radius 1 is 1.32 bits per heavy atom. The van der Waals surface area contributed by atoms with E-state index in [1.807, 2.05) is 13.0 Å². The molecule has 0 bridgehead atoms. The van der Waals surface area contributed by atoms with Crippen molar-refractivity contribution in [3.05, 3.63) is 46.1 Å². The first-order valence-corrected chi connectivity index (χ1v) is 8.41. The molecule has 0 unspecified atom stereocenters. The van der Waals surface area contributed by atoms with Gasteiger partial charge in [0.25, 0.3) is 11.3 Å². The second-order valence-corrected chi connectivity index (χ2v) is 5.86. The van der Waals surface area contributed by atoms with Gasteiger partial charge in [0.1, 0.15) is 24.0 Å². The van der Waals surface area contributed by atoms with Crippen LogP contribution in [0.15, 0.2) is 33.8 Å². The Balaban J connectivity index is 1.88. The van der Waals surface area contributed by atoms with E-state index >= 15 is 0 Å². The van der Waals surface area contributed by atoms with Crippen LogP contribution in [0.25, 0.3) is 11.1 Å². The summed E-state index contributed by atoms with van der Waals surface area (Å²) in [5.41, 5.74) is 0.391. The van der Waals surface area contributed by atoms with Gasteiger partial charge >= 0.3 is 5.97 Å². The van der Waals surface area contributed by atoms with E-state index in [9.17, 15) is 14.4 Å². The Labute approximate surface area is 159 Å². The maximum atomic E-state index is 12.7. The normalized spacial score (nSPS) is 10.7. The summed E-state index contributed by atoms with van der Waals surface area (Å²) in [5.74, 6) is -0.781. The van der Waals surface area contributed by atoms with Crippen molar-refractivity contribution in [1.29, 1.82) is 0 Å². The molecule has 0 fully saturated rings. The average Bonchev–Trinajstić information content (AvgIpc) is 3.09. The van der Waals surface area contributed by atoms with Gasteiger partial charge in [0.15, 0.2) is 0 Å². The molecule has 0 saturated carbocycles. The fourth-order valence-electron chi connectivity index (χ4n) is 2.60. The standard InChI is InChI=1S/C18H18N4O6/c1-4-27-18(25)15-14-16(28-21-15)19-9-22(17(14)24)8-13(23)20-11-7-10(2)5-6-12(11)26-3/h5-7,9H,4,8H2,1-3H3,(H,20,23). The van der Waals surface area contributed by atoms with Crippen LogP contribution in [-0.4, -0.2) is 40.3 Å². The number of fused-ring (bicyclic) bond motifs is 1. The Morgan fingerprint density at radius 2 is 2.11 bits per heavy atom. The van der Waals surface area contributed by atoms with Gasteiger partial charge in [-0.3, -0.25) is 14.2 Å². The molecule has 0 radical (unpaired) electrons. The average molecular weight is 386 g/mol. The van der Waals surface area contributed by atoms with E-state index < -0.39 is 17.4 Å². The third kappa shape index (κ3) is 3.70. The van der Waals surface area contributed by atoms with Crippen LogP contribution in [0.5, 0.6) is 5.75 Å². The highest BCUT2D eigenvalue weighted by Crippen LogP contribution is 2.25. The number of hydrogen-bond acceptors (Lipinski definition) is 8. The fraction of sp³-hybridized carbons (Fsp3) is 0.278. The number of hydrogen-bond donors (Lipinski definition) is 1. The third-order valence-corrected chi connectivity index (χ3v) is 3.87. The highest BCUT2D eigenvalue weighted by molar-refractivity contribution is 6.00. The van der Waals surface area contributed by atoms with Gasteiger partial charge in [-0.1, -0.05) is 11.2 Å². The van der Waals surface area contributed by atoms with Crippen molar-refractivity contribution in [2.75, 3.05) is 19.0 Å². The molecular formula is C18H18N4O6. The Hall–Kier alpha value is -3.69. The SMILES string of the molecule is CCOC(=O)c1noc2ncn(CC(=O)Nc3cc(C)ccc3OC)c(=O)c12. The number of rotatable bonds is 6. The molecule has 1 aromatic carbocycles. The van der Waals surface area contributed by atoms with Crippen LogP contribution in [0, 0.1) is 6.92 Å². The molecule has 2 heterocycles. The number of nitrogens with one attached hydrogen (secondary N) is 1. The molecule has 0 spiro atoms. The van der Waals surface area contributed by atoms with Gasteiger partial charge in [-0.15, -0.1) is 0 Å². The number of esters is 1. The number of ether oxygens (including phenoxy) is 2. The maximum Gasteiger partial charge on any atom is 0.361 e. The number of aromatic nitrogens is 3. The number of anilines is 1. The van der Waals surface area contributed by atoms with Crippen molar-refractivity contribution >= 4 is 28.7 Å². The number of methoxy groups -OCH3 is 1. The zero-order chi connectivity index (χ0) is 20.3. The van der Waals surface area contributed by atoms with E-state index in [1.165, 1.54) is 7.11 Å². The minimum Gasteiger partial charge on any atom is -0.495 e. The minimum absolute atomic E-state index is 0.106. The molecule has 0 saturated heterocycles. The number of carbonyl (C=O) groups excluding carboxylic acids is 2. The lowest BCUT2D eigenvalue weighted by atomic mass is 10.2.